The van der Waals surface area contributed by atoms with Gasteiger partial charge in [-0.2, -0.15) is 0 Å². The Hall–Kier alpha value is -7.47. The summed E-state index contributed by atoms with van der Waals surface area (Å²) in [6, 6.07) is 62.6. The summed E-state index contributed by atoms with van der Waals surface area (Å²) in [5, 5.41) is 16.0. The number of thiophene rings is 1. The predicted molar refractivity (Wildman–Crippen MR) is 244 cm³/mol. The van der Waals surface area contributed by atoms with Gasteiger partial charge in [-0.05, 0) is 84.9 Å². The Morgan fingerprint density at radius 3 is 1.67 bits per heavy atom. The predicted octanol–water partition coefficient (Wildman–Crippen LogP) is 14.9. The molecule has 3 heterocycles. The third kappa shape index (κ3) is 4.65. The summed E-state index contributed by atoms with van der Waals surface area (Å²) in [7, 11) is 0. The highest BCUT2D eigenvalue weighted by atomic mass is 32.1. The van der Waals surface area contributed by atoms with Crippen LogP contribution in [-0.2, 0) is 0 Å². The van der Waals surface area contributed by atoms with E-state index in [1.54, 1.807) is 11.3 Å². The summed E-state index contributed by atoms with van der Waals surface area (Å²) in [4.78, 5) is 16.1. The number of aromatic nitrogens is 3. The van der Waals surface area contributed by atoms with Crippen LogP contribution in [0.2, 0.25) is 0 Å². The first-order valence-corrected chi connectivity index (χ1v) is 20.3. The van der Waals surface area contributed by atoms with Crippen molar-refractivity contribution >= 4 is 107 Å². The van der Waals surface area contributed by atoms with Crippen molar-refractivity contribution in [3.8, 4) is 34.2 Å². The Labute approximate surface area is 335 Å². The monoisotopic (exact) mass is 755 g/mol. The fraction of sp³-hybridized carbons (Fsp3) is 0. The van der Waals surface area contributed by atoms with Crippen molar-refractivity contribution < 1.29 is 4.42 Å². The van der Waals surface area contributed by atoms with E-state index in [2.05, 4.69) is 176 Å². The van der Waals surface area contributed by atoms with Crippen LogP contribution in [0.3, 0.4) is 0 Å². The maximum Gasteiger partial charge on any atom is 0.164 e. The molecule has 0 aliphatic heterocycles. The molecule has 0 N–H and O–H groups in total. The highest BCUT2D eigenvalue weighted by molar-refractivity contribution is 7.25. The van der Waals surface area contributed by atoms with Crippen molar-refractivity contribution in [1.82, 2.24) is 15.0 Å². The van der Waals surface area contributed by atoms with Gasteiger partial charge in [0.05, 0.1) is 0 Å². The maximum atomic E-state index is 7.08. The molecule has 0 unspecified atom stereocenters. The highest BCUT2D eigenvalue weighted by Crippen LogP contribution is 2.47. The SMILES string of the molecule is c1ccc2cc(-c3nc(-c4ccc5c(c4)sc4ccccc45)nc(-c4cc5c6ccccc6c6ccccc6c5c5oc6cc7ccccc7cc6c45)n3)ccc2c1. The van der Waals surface area contributed by atoms with E-state index in [4.69, 9.17) is 19.4 Å². The normalized spacial score (nSPS) is 12.1. The molecule has 0 atom stereocenters. The summed E-state index contributed by atoms with van der Waals surface area (Å²) < 4.78 is 9.54. The third-order valence-corrected chi connectivity index (χ3v) is 13.0. The van der Waals surface area contributed by atoms with E-state index in [0.717, 1.165) is 76.3 Å². The van der Waals surface area contributed by atoms with Gasteiger partial charge in [-0.25, -0.2) is 15.0 Å². The van der Waals surface area contributed by atoms with E-state index >= 15 is 0 Å². The van der Waals surface area contributed by atoms with Gasteiger partial charge in [-0.1, -0.05) is 140 Å². The van der Waals surface area contributed by atoms with Gasteiger partial charge in [0.1, 0.15) is 11.2 Å². The molecule has 10 aromatic carbocycles. The lowest BCUT2D eigenvalue weighted by Crippen LogP contribution is -2.01. The number of hydrogen-bond donors (Lipinski definition) is 0. The molecule has 13 aromatic rings. The quantitative estimate of drug-likeness (QED) is 0.169. The Kier molecular flexibility index (Phi) is 6.57. The van der Waals surface area contributed by atoms with Crippen molar-refractivity contribution in [2.75, 3.05) is 0 Å². The minimum Gasteiger partial charge on any atom is -0.455 e. The first-order chi connectivity index (χ1) is 28.7. The van der Waals surface area contributed by atoms with Gasteiger partial charge in [0.2, 0.25) is 0 Å². The molecule has 0 aliphatic rings. The van der Waals surface area contributed by atoms with E-state index < -0.39 is 0 Å². The van der Waals surface area contributed by atoms with E-state index in [0.29, 0.717) is 17.5 Å². The van der Waals surface area contributed by atoms with Gasteiger partial charge < -0.3 is 4.42 Å². The molecule has 0 amide bonds. The van der Waals surface area contributed by atoms with Crippen LogP contribution in [0.25, 0.3) is 130 Å². The lowest BCUT2D eigenvalue weighted by Gasteiger charge is -2.14. The fourth-order valence-corrected chi connectivity index (χ4v) is 10.3. The minimum atomic E-state index is 0.601. The molecule has 13 rings (SSSR count). The average molecular weight is 756 g/mol. The van der Waals surface area contributed by atoms with Crippen LogP contribution in [-0.4, -0.2) is 15.0 Å². The molecule has 5 heteroatoms. The molecular formula is C53H29N3OS. The van der Waals surface area contributed by atoms with Gasteiger partial charge in [-0.3, -0.25) is 0 Å². The fourth-order valence-electron chi connectivity index (χ4n) is 9.13. The zero-order valence-electron chi connectivity index (χ0n) is 30.9. The Morgan fingerprint density at radius 2 is 0.897 bits per heavy atom. The van der Waals surface area contributed by atoms with Crippen LogP contribution in [0.1, 0.15) is 0 Å². The maximum absolute atomic E-state index is 7.08. The second kappa shape index (κ2) is 12.0. The van der Waals surface area contributed by atoms with Crippen molar-refractivity contribution in [3.63, 3.8) is 0 Å². The number of furan rings is 1. The molecule has 0 radical (unpaired) electrons. The standard InChI is InChI=1S/C53H29N3OS/c1-2-12-31-25-34(22-21-30(31)11-1)51-54-52(35-23-24-40-39-18-9-10-20-46(39)58-47(40)28-35)56-53(55-51)44-29-42-38-17-6-5-15-36(38)37-16-7-8-19-41(37)48(42)50-49(44)43-26-32-13-3-4-14-33(32)27-45(43)57-50/h1-29H. The second-order valence-corrected chi connectivity index (χ2v) is 16.2. The zero-order chi connectivity index (χ0) is 37.9. The van der Waals surface area contributed by atoms with Crippen molar-refractivity contribution in [3.05, 3.63) is 176 Å². The summed E-state index contributed by atoms with van der Waals surface area (Å²) in [5.74, 6) is 1.85. The largest absolute Gasteiger partial charge is 0.455 e. The number of hydrogen-bond acceptors (Lipinski definition) is 5. The molecule has 0 saturated carbocycles. The summed E-state index contributed by atoms with van der Waals surface area (Å²) in [5.41, 5.74) is 4.45. The van der Waals surface area contributed by atoms with Crippen molar-refractivity contribution in [1.29, 1.82) is 0 Å². The van der Waals surface area contributed by atoms with Gasteiger partial charge >= 0.3 is 0 Å². The molecule has 0 fully saturated rings. The van der Waals surface area contributed by atoms with Gasteiger partial charge in [0.15, 0.2) is 17.5 Å². The summed E-state index contributed by atoms with van der Waals surface area (Å²) in [6.07, 6.45) is 0. The first kappa shape index (κ1) is 31.7. The topological polar surface area (TPSA) is 51.8 Å². The Morgan fingerprint density at radius 1 is 0.345 bits per heavy atom. The lowest BCUT2D eigenvalue weighted by molar-refractivity contribution is 0.673. The van der Waals surface area contributed by atoms with Crippen LogP contribution in [0.5, 0.6) is 0 Å². The number of fused-ring (bicyclic) bond motifs is 15. The molecule has 3 aromatic heterocycles. The van der Waals surface area contributed by atoms with E-state index in [-0.39, 0.29) is 0 Å². The molecule has 0 aliphatic carbocycles. The van der Waals surface area contributed by atoms with Gasteiger partial charge in [-0.15, -0.1) is 11.3 Å². The third-order valence-electron chi connectivity index (χ3n) is 11.8. The molecule has 0 saturated heterocycles. The van der Waals surface area contributed by atoms with E-state index in [9.17, 15) is 0 Å². The minimum absolute atomic E-state index is 0.601. The molecule has 0 bridgehead atoms. The molecule has 58 heavy (non-hydrogen) atoms. The van der Waals surface area contributed by atoms with E-state index in [1.165, 1.54) is 36.3 Å². The van der Waals surface area contributed by atoms with Crippen LogP contribution < -0.4 is 0 Å². The lowest BCUT2D eigenvalue weighted by atomic mass is 9.90. The van der Waals surface area contributed by atoms with Gasteiger partial charge in [0, 0.05) is 53.0 Å². The smallest absolute Gasteiger partial charge is 0.164 e. The number of nitrogens with zero attached hydrogens (tertiary/aromatic N) is 3. The number of rotatable bonds is 3. The van der Waals surface area contributed by atoms with Gasteiger partial charge in [0.25, 0.3) is 0 Å². The second-order valence-electron chi connectivity index (χ2n) is 15.1. The summed E-state index contributed by atoms with van der Waals surface area (Å²) in [6.45, 7) is 0. The van der Waals surface area contributed by atoms with Crippen molar-refractivity contribution in [2.24, 2.45) is 0 Å². The summed E-state index contributed by atoms with van der Waals surface area (Å²) >= 11 is 1.80. The van der Waals surface area contributed by atoms with Crippen LogP contribution in [0, 0.1) is 0 Å². The van der Waals surface area contributed by atoms with Crippen molar-refractivity contribution in [2.45, 2.75) is 0 Å². The Balaban J connectivity index is 1.17. The molecule has 268 valence electrons. The zero-order valence-corrected chi connectivity index (χ0v) is 31.7. The van der Waals surface area contributed by atoms with Crippen LogP contribution in [0.15, 0.2) is 180 Å². The van der Waals surface area contributed by atoms with Crippen LogP contribution in [0.4, 0.5) is 0 Å². The molecule has 4 nitrogen and oxygen atoms in total. The number of benzene rings is 10. The molecular weight excluding hydrogens is 727 g/mol. The van der Waals surface area contributed by atoms with Crippen LogP contribution >= 0.6 is 11.3 Å². The average Bonchev–Trinajstić information content (AvgIpc) is 3.85. The molecule has 0 spiro atoms. The first-order valence-electron chi connectivity index (χ1n) is 19.5. The highest BCUT2D eigenvalue weighted by Gasteiger charge is 2.23. The van der Waals surface area contributed by atoms with E-state index in [1.807, 2.05) is 0 Å². The Bertz CT molecular complexity index is 3880.